The Morgan fingerprint density at radius 1 is 1.20 bits per heavy atom. The van der Waals surface area contributed by atoms with Crippen LogP contribution < -0.4 is 15.4 Å². The first-order valence-corrected chi connectivity index (χ1v) is 14.8. The molecule has 1 aliphatic carbocycles. The van der Waals surface area contributed by atoms with E-state index in [1.807, 2.05) is 0 Å². The molecule has 13 heteroatoms. The molecule has 232 valence electrons. The van der Waals surface area contributed by atoms with Gasteiger partial charge in [-0.3, -0.25) is 9.88 Å². The van der Waals surface area contributed by atoms with E-state index >= 15 is 4.39 Å². The summed E-state index contributed by atoms with van der Waals surface area (Å²) in [6, 6.07) is 2.96. The molecule has 4 fully saturated rings. The van der Waals surface area contributed by atoms with Gasteiger partial charge in [-0.1, -0.05) is 12.0 Å². The Labute approximate surface area is 258 Å². The summed E-state index contributed by atoms with van der Waals surface area (Å²) >= 11 is 0. The number of hydrogen-bond acceptors (Lipinski definition) is 9. The van der Waals surface area contributed by atoms with Gasteiger partial charge in [0.15, 0.2) is 5.82 Å². The first-order valence-electron chi connectivity index (χ1n) is 15.8. The van der Waals surface area contributed by atoms with E-state index in [4.69, 9.17) is 24.4 Å². The van der Waals surface area contributed by atoms with Gasteiger partial charge in [-0.05, 0) is 36.9 Å². The number of fused-ring (bicyclic) bond motifs is 4. The first kappa shape index (κ1) is 26.0. The molecule has 3 aromatic heterocycles. The molecule has 45 heavy (non-hydrogen) atoms. The average Bonchev–Trinajstić information content (AvgIpc) is 3.39. The van der Waals surface area contributed by atoms with E-state index in [2.05, 4.69) is 25.9 Å². The number of pyridine rings is 2. The third-order valence-corrected chi connectivity index (χ3v) is 9.37. The number of hydrogen-bond donors (Lipinski definition) is 1. The fourth-order valence-corrected chi connectivity index (χ4v) is 7.20. The van der Waals surface area contributed by atoms with Crippen LogP contribution in [-0.2, 0) is 4.74 Å². The standard InChI is InChI=1S/C32H29F4N7O2/c1-2-18-21(34)5-4-16-10-22(37)39-27(23(16)18)28-25(36)26-19(12-38-28)30(43-8-9-44-14-20-24(35)29(20)43)41-31(40-26)45-15-32-6-3-7-42(32)13-17(33)11-32/h1,4-5,10,12,17,20,24,29H,3,6-9,11,13-15H2,(H2,37,39)/t17-,20+,24+,29+,32+/m1/s1/i15D2. The van der Waals surface area contributed by atoms with Crippen LogP contribution >= 0.6 is 0 Å². The molecule has 0 bridgehead atoms. The second-order valence-electron chi connectivity index (χ2n) is 12.0. The van der Waals surface area contributed by atoms with E-state index in [-0.39, 0.29) is 77.6 Å². The third-order valence-electron chi connectivity index (χ3n) is 9.37. The van der Waals surface area contributed by atoms with E-state index < -0.39 is 54.0 Å². The van der Waals surface area contributed by atoms with Crippen molar-refractivity contribution in [3.8, 4) is 29.7 Å². The molecule has 3 saturated heterocycles. The zero-order valence-electron chi connectivity index (χ0n) is 25.9. The van der Waals surface area contributed by atoms with Gasteiger partial charge in [-0.2, -0.15) is 9.97 Å². The Bertz CT molecular complexity index is 2000. The molecule has 1 saturated carbocycles. The van der Waals surface area contributed by atoms with Crippen molar-refractivity contribution in [2.75, 3.05) is 50.0 Å². The van der Waals surface area contributed by atoms with Gasteiger partial charge in [0.25, 0.3) is 0 Å². The highest BCUT2D eigenvalue weighted by atomic mass is 19.1. The van der Waals surface area contributed by atoms with Crippen molar-refractivity contribution in [2.45, 2.75) is 43.2 Å². The van der Waals surface area contributed by atoms with Crippen molar-refractivity contribution in [3.05, 3.63) is 41.6 Å². The third kappa shape index (κ3) is 4.45. The number of terminal acetylenes is 1. The Morgan fingerprint density at radius 3 is 2.91 bits per heavy atom. The van der Waals surface area contributed by atoms with Crippen molar-refractivity contribution in [2.24, 2.45) is 5.92 Å². The maximum Gasteiger partial charge on any atom is 0.319 e. The lowest BCUT2D eigenvalue weighted by Crippen LogP contribution is -2.43. The van der Waals surface area contributed by atoms with E-state index in [1.165, 1.54) is 24.4 Å². The van der Waals surface area contributed by atoms with Crippen LogP contribution in [0.15, 0.2) is 24.4 Å². The largest absolute Gasteiger partial charge is 0.461 e. The maximum absolute atomic E-state index is 16.8. The average molecular weight is 622 g/mol. The van der Waals surface area contributed by atoms with E-state index in [0.29, 0.717) is 24.8 Å². The molecule has 1 aromatic carbocycles. The van der Waals surface area contributed by atoms with Crippen LogP contribution in [0.2, 0.25) is 0 Å². The molecular weight excluding hydrogens is 590 g/mol. The monoisotopic (exact) mass is 621 g/mol. The summed E-state index contributed by atoms with van der Waals surface area (Å²) in [5, 5.41) is 0.619. The highest BCUT2D eigenvalue weighted by Crippen LogP contribution is 2.45. The zero-order valence-corrected chi connectivity index (χ0v) is 23.9. The number of nitrogens with zero attached hydrogens (tertiary/aromatic N) is 6. The normalized spacial score (nSPS) is 28.7. The second-order valence-corrected chi connectivity index (χ2v) is 12.0. The predicted octanol–water partition coefficient (Wildman–Crippen LogP) is 4.21. The van der Waals surface area contributed by atoms with E-state index in [0.717, 1.165) is 0 Å². The molecule has 4 aliphatic rings. The SMILES string of the molecule is [2H]C([2H])(Oc1nc(N2CCOC[C@H]3[C@H](F)[C@H]32)c2cnc(-c3nc(N)cc4ccc(F)c(C#C)c34)c(F)c2n1)[C@@]12CCCN1C[C@H](F)C2. The maximum atomic E-state index is 16.8. The Hall–Kier alpha value is -4.28. The molecule has 5 atom stereocenters. The lowest BCUT2D eigenvalue weighted by molar-refractivity contribution is 0.107. The number of nitrogen functional groups attached to an aromatic ring is 1. The minimum absolute atomic E-state index is 0.00501. The lowest BCUT2D eigenvalue weighted by atomic mass is 9.95. The Morgan fingerprint density at radius 2 is 2.07 bits per heavy atom. The molecule has 8 rings (SSSR count). The van der Waals surface area contributed by atoms with Crippen LogP contribution in [0.3, 0.4) is 0 Å². The fraction of sp³-hybridized carbons (Fsp3) is 0.438. The Kier molecular flexibility index (Phi) is 6.00. The van der Waals surface area contributed by atoms with Crippen molar-refractivity contribution < 1.29 is 29.8 Å². The van der Waals surface area contributed by atoms with Gasteiger partial charge in [0.1, 0.15) is 53.3 Å². The lowest BCUT2D eigenvalue weighted by Gasteiger charge is -2.31. The van der Waals surface area contributed by atoms with Gasteiger partial charge in [-0.15, -0.1) is 6.42 Å². The van der Waals surface area contributed by atoms with Gasteiger partial charge in [0.2, 0.25) is 0 Å². The van der Waals surface area contributed by atoms with E-state index in [9.17, 15) is 13.2 Å². The topological polar surface area (TPSA) is 103 Å². The van der Waals surface area contributed by atoms with Crippen LogP contribution in [0.1, 0.15) is 27.6 Å². The summed E-state index contributed by atoms with van der Waals surface area (Å²) in [6.45, 7) is -1.24. The van der Waals surface area contributed by atoms with Crippen molar-refractivity contribution in [1.29, 1.82) is 0 Å². The van der Waals surface area contributed by atoms with Gasteiger partial charge < -0.3 is 20.1 Å². The van der Waals surface area contributed by atoms with Crippen molar-refractivity contribution in [1.82, 2.24) is 24.8 Å². The summed E-state index contributed by atoms with van der Waals surface area (Å²) in [6.07, 6.45) is 5.39. The molecular formula is C32H29F4N7O2. The number of ether oxygens (including phenoxy) is 2. The molecule has 0 unspecified atom stereocenters. The van der Waals surface area contributed by atoms with Gasteiger partial charge in [0.05, 0.1) is 38.5 Å². The molecule has 0 spiro atoms. The zero-order chi connectivity index (χ0) is 32.8. The summed E-state index contributed by atoms with van der Waals surface area (Å²) in [4.78, 5) is 20.8. The van der Waals surface area contributed by atoms with Gasteiger partial charge in [-0.25, -0.2) is 22.5 Å². The number of anilines is 2. The minimum Gasteiger partial charge on any atom is -0.461 e. The summed E-state index contributed by atoms with van der Waals surface area (Å²) in [7, 11) is 0. The number of alkyl halides is 2. The number of rotatable bonds is 5. The van der Waals surface area contributed by atoms with Gasteiger partial charge >= 0.3 is 6.01 Å². The van der Waals surface area contributed by atoms with Crippen LogP contribution in [0, 0.1) is 29.9 Å². The number of benzene rings is 1. The van der Waals surface area contributed by atoms with Crippen molar-refractivity contribution >= 4 is 33.3 Å². The summed E-state index contributed by atoms with van der Waals surface area (Å²) in [5.74, 6) is 0.225. The molecule has 4 aromatic rings. The number of nitrogens with two attached hydrogens (primary N) is 1. The van der Waals surface area contributed by atoms with Crippen LogP contribution in [-0.4, -0.2) is 88.2 Å². The second kappa shape index (κ2) is 10.4. The fourth-order valence-electron chi connectivity index (χ4n) is 7.20. The molecule has 2 N–H and O–H groups in total. The van der Waals surface area contributed by atoms with Crippen molar-refractivity contribution in [3.63, 3.8) is 0 Å². The van der Waals surface area contributed by atoms with Crippen LogP contribution in [0.5, 0.6) is 6.01 Å². The molecule has 0 amide bonds. The van der Waals surface area contributed by atoms with E-state index in [1.54, 1.807) is 9.80 Å². The van der Waals surface area contributed by atoms with Crippen LogP contribution in [0.25, 0.3) is 33.1 Å². The molecule has 0 radical (unpaired) electrons. The minimum atomic E-state index is -2.47. The highest BCUT2D eigenvalue weighted by molar-refractivity contribution is 6.01. The summed E-state index contributed by atoms with van der Waals surface area (Å²) in [5.41, 5.74) is 3.82. The quantitative estimate of drug-likeness (QED) is 0.259. The summed E-state index contributed by atoms with van der Waals surface area (Å²) < 4.78 is 90.7. The molecule has 3 aliphatic heterocycles. The number of halogens is 4. The molecule has 9 nitrogen and oxygen atoms in total. The first-order chi connectivity index (χ1) is 22.5. The van der Waals surface area contributed by atoms with Crippen LogP contribution in [0.4, 0.5) is 29.2 Å². The predicted molar refractivity (Wildman–Crippen MR) is 159 cm³/mol. The molecule has 6 heterocycles. The smallest absolute Gasteiger partial charge is 0.319 e. The number of aromatic nitrogens is 4. The van der Waals surface area contributed by atoms with Gasteiger partial charge in [0, 0.05) is 37.0 Å². The Balaban J connectivity index is 1.32. The highest BCUT2D eigenvalue weighted by Gasteiger charge is 2.56.